The van der Waals surface area contributed by atoms with E-state index in [4.69, 9.17) is 23.2 Å². The Kier molecular flexibility index (Phi) is 6.17. The molecule has 2 aromatic rings. The minimum absolute atomic E-state index is 0.140. The van der Waals surface area contributed by atoms with Crippen molar-refractivity contribution >= 4 is 35.0 Å². The fraction of sp³-hybridized carbons (Fsp3) is 0.300. The zero-order valence-corrected chi connectivity index (χ0v) is 15.7. The quantitative estimate of drug-likeness (QED) is 0.808. The second-order valence-electron chi connectivity index (χ2n) is 6.40. The molecule has 4 nitrogen and oxygen atoms in total. The molecule has 0 radical (unpaired) electrons. The first-order valence-electron chi connectivity index (χ1n) is 8.67. The van der Waals surface area contributed by atoms with Gasteiger partial charge in [-0.25, -0.2) is 0 Å². The first kappa shape index (κ1) is 18.7. The smallest absolute Gasteiger partial charge is 0.253 e. The van der Waals surface area contributed by atoms with Crippen molar-refractivity contribution in [1.82, 2.24) is 10.6 Å². The standard InChI is InChI=1S/C20H20Cl2N2O2/c21-15-9-3-1-7-13(15)19(25)23-17-11-5-6-12-18(17)24-20(26)14-8-2-4-10-16(14)22/h1-4,7-10,17-18H,5-6,11-12H2,(H,23,25)(H,24,26)/t17-,18+. The monoisotopic (exact) mass is 390 g/mol. The van der Waals surface area contributed by atoms with Gasteiger partial charge in [0.2, 0.25) is 0 Å². The van der Waals surface area contributed by atoms with Crippen LogP contribution in [0.5, 0.6) is 0 Å². The first-order chi connectivity index (χ1) is 12.6. The average molecular weight is 391 g/mol. The third kappa shape index (κ3) is 4.37. The molecule has 1 aliphatic rings. The Morgan fingerprint density at radius 1 is 0.731 bits per heavy atom. The van der Waals surface area contributed by atoms with Gasteiger partial charge in [0.15, 0.2) is 0 Å². The van der Waals surface area contributed by atoms with Gasteiger partial charge in [-0.05, 0) is 37.1 Å². The number of nitrogens with one attached hydrogen (secondary N) is 2. The van der Waals surface area contributed by atoms with Gasteiger partial charge < -0.3 is 10.6 Å². The van der Waals surface area contributed by atoms with Crippen molar-refractivity contribution in [2.75, 3.05) is 0 Å². The van der Waals surface area contributed by atoms with Gasteiger partial charge in [0.05, 0.1) is 21.2 Å². The number of rotatable bonds is 4. The van der Waals surface area contributed by atoms with Crippen molar-refractivity contribution in [3.05, 3.63) is 69.7 Å². The molecule has 26 heavy (non-hydrogen) atoms. The molecule has 3 rings (SSSR count). The molecule has 0 saturated heterocycles. The van der Waals surface area contributed by atoms with E-state index in [9.17, 15) is 9.59 Å². The molecule has 0 aromatic heterocycles. The maximum absolute atomic E-state index is 12.6. The van der Waals surface area contributed by atoms with Crippen LogP contribution in [0.3, 0.4) is 0 Å². The minimum Gasteiger partial charge on any atom is -0.347 e. The maximum Gasteiger partial charge on any atom is 0.253 e. The summed E-state index contributed by atoms with van der Waals surface area (Å²) in [6.07, 6.45) is 3.63. The lowest BCUT2D eigenvalue weighted by Crippen LogP contribution is -2.53. The summed E-state index contributed by atoms with van der Waals surface area (Å²) in [6.45, 7) is 0. The highest BCUT2D eigenvalue weighted by molar-refractivity contribution is 6.34. The highest BCUT2D eigenvalue weighted by atomic mass is 35.5. The summed E-state index contributed by atoms with van der Waals surface area (Å²) in [5.41, 5.74) is 0.881. The lowest BCUT2D eigenvalue weighted by molar-refractivity contribution is 0.0863. The normalized spacial score (nSPS) is 19.6. The van der Waals surface area contributed by atoms with Gasteiger partial charge in [-0.15, -0.1) is 0 Å². The van der Waals surface area contributed by atoms with Crippen LogP contribution in [0, 0.1) is 0 Å². The van der Waals surface area contributed by atoms with Crippen molar-refractivity contribution in [3.8, 4) is 0 Å². The van der Waals surface area contributed by atoms with Crippen molar-refractivity contribution in [2.45, 2.75) is 37.8 Å². The van der Waals surface area contributed by atoms with E-state index < -0.39 is 0 Å². The van der Waals surface area contributed by atoms with Gasteiger partial charge in [-0.3, -0.25) is 9.59 Å². The fourth-order valence-electron chi connectivity index (χ4n) is 3.26. The number of hydrogen-bond donors (Lipinski definition) is 2. The molecule has 0 aliphatic heterocycles. The fourth-order valence-corrected chi connectivity index (χ4v) is 3.70. The van der Waals surface area contributed by atoms with E-state index in [1.165, 1.54) is 0 Å². The van der Waals surface area contributed by atoms with Gasteiger partial charge in [-0.1, -0.05) is 60.3 Å². The van der Waals surface area contributed by atoms with Gasteiger partial charge in [-0.2, -0.15) is 0 Å². The van der Waals surface area contributed by atoms with E-state index >= 15 is 0 Å². The largest absolute Gasteiger partial charge is 0.347 e. The molecule has 2 aromatic carbocycles. The molecule has 1 aliphatic carbocycles. The number of hydrogen-bond acceptors (Lipinski definition) is 2. The Hall–Kier alpha value is -2.04. The predicted octanol–water partition coefficient (Wildman–Crippen LogP) is 4.46. The lowest BCUT2D eigenvalue weighted by atomic mass is 9.89. The van der Waals surface area contributed by atoms with Crippen molar-refractivity contribution in [3.63, 3.8) is 0 Å². The second-order valence-corrected chi connectivity index (χ2v) is 7.22. The molecule has 2 N–H and O–H groups in total. The molecule has 1 saturated carbocycles. The van der Waals surface area contributed by atoms with Crippen molar-refractivity contribution in [2.24, 2.45) is 0 Å². The van der Waals surface area contributed by atoms with Crippen LogP contribution in [0.4, 0.5) is 0 Å². The van der Waals surface area contributed by atoms with Crippen LogP contribution in [-0.4, -0.2) is 23.9 Å². The molecular formula is C20H20Cl2N2O2. The molecule has 2 atom stereocenters. The predicted molar refractivity (Wildman–Crippen MR) is 104 cm³/mol. The number of amides is 2. The molecule has 2 amide bonds. The molecule has 0 heterocycles. The maximum atomic E-state index is 12.6. The van der Waals surface area contributed by atoms with Crippen LogP contribution in [0.15, 0.2) is 48.5 Å². The second kappa shape index (κ2) is 8.56. The molecule has 0 unspecified atom stereocenters. The summed E-state index contributed by atoms with van der Waals surface area (Å²) in [5, 5.41) is 6.88. The average Bonchev–Trinajstić information content (AvgIpc) is 2.64. The summed E-state index contributed by atoms with van der Waals surface area (Å²) < 4.78 is 0. The number of halogens is 2. The van der Waals surface area contributed by atoms with Crippen LogP contribution in [0.25, 0.3) is 0 Å². The Morgan fingerprint density at radius 2 is 1.12 bits per heavy atom. The van der Waals surface area contributed by atoms with E-state index in [-0.39, 0.29) is 23.9 Å². The van der Waals surface area contributed by atoms with E-state index in [2.05, 4.69) is 10.6 Å². The highest BCUT2D eigenvalue weighted by Gasteiger charge is 2.29. The third-order valence-corrected chi connectivity index (χ3v) is 5.30. The van der Waals surface area contributed by atoms with Crippen LogP contribution in [0.1, 0.15) is 46.4 Å². The number of carbonyl (C=O) groups excluding carboxylic acids is 2. The lowest BCUT2D eigenvalue weighted by Gasteiger charge is -2.33. The molecule has 136 valence electrons. The van der Waals surface area contributed by atoms with Crippen LogP contribution in [-0.2, 0) is 0 Å². The number of benzene rings is 2. The minimum atomic E-state index is -0.223. The van der Waals surface area contributed by atoms with Gasteiger partial charge in [0.1, 0.15) is 0 Å². The summed E-state index contributed by atoms with van der Waals surface area (Å²) in [7, 11) is 0. The number of carbonyl (C=O) groups is 2. The van der Waals surface area contributed by atoms with E-state index in [1.54, 1.807) is 48.5 Å². The van der Waals surface area contributed by atoms with E-state index in [1.807, 2.05) is 0 Å². The molecule has 1 fully saturated rings. The SMILES string of the molecule is O=C(N[C@H]1CCCC[C@H]1NC(=O)c1ccccc1Cl)c1ccccc1Cl. The van der Waals surface area contributed by atoms with Gasteiger partial charge in [0, 0.05) is 12.1 Å². The Labute approximate surface area is 162 Å². The third-order valence-electron chi connectivity index (χ3n) is 4.64. The highest BCUT2D eigenvalue weighted by Crippen LogP contribution is 2.22. The van der Waals surface area contributed by atoms with Crippen molar-refractivity contribution < 1.29 is 9.59 Å². The molecule has 0 bridgehead atoms. The van der Waals surface area contributed by atoms with E-state index in [0.29, 0.717) is 21.2 Å². The Bertz CT molecular complexity index is 742. The van der Waals surface area contributed by atoms with Crippen molar-refractivity contribution in [1.29, 1.82) is 0 Å². The van der Waals surface area contributed by atoms with Gasteiger partial charge in [0.25, 0.3) is 11.8 Å². The topological polar surface area (TPSA) is 58.2 Å². The Balaban J connectivity index is 1.70. The van der Waals surface area contributed by atoms with E-state index in [0.717, 1.165) is 25.7 Å². The summed E-state index contributed by atoms with van der Waals surface area (Å²) in [5.74, 6) is -0.445. The van der Waals surface area contributed by atoms with Crippen LogP contribution >= 0.6 is 23.2 Å². The van der Waals surface area contributed by atoms with Crippen LogP contribution in [0.2, 0.25) is 10.0 Å². The first-order valence-corrected chi connectivity index (χ1v) is 9.42. The summed E-state index contributed by atoms with van der Waals surface area (Å²) in [6, 6.07) is 13.6. The zero-order valence-electron chi connectivity index (χ0n) is 14.2. The Morgan fingerprint density at radius 3 is 1.50 bits per heavy atom. The molecule has 6 heteroatoms. The molecular weight excluding hydrogens is 371 g/mol. The summed E-state index contributed by atoms with van der Waals surface area (Å²) >= 11 is 12.2. The zero-order chi connectivity index (χ0) is 18.5. The van der Waals surface area contributed by atoms with Gasteiger partial charge >= 0.3 is 0 Å². The molecule has 0 spiro atoms. The summed E-state index contributed by atoms with van der Waals surface area (Å²) in [4.78, 5) is 25.1. The van der Waals surface area contributed by atoms with Crippen LogP contribution < -0.4 is 10.6 Å².